The molecule has 80 valence electrons. The quantitative estimate of drug-likeness (QED) is 0.864. The summed E-state index contributed by atoms with van der Waals surface area (Å²) in [5, 5.41) is 5.44. The lowest BCUT2D eigenvalue weighted by molar-refractivity contribution is 0.563. The van der Waals surface area contributed by atoms with E-state index in [1.807, 2.05) is 12.3 Å². The Morgan fingerprint density at radius 2 is 2.53 bits per heavy atom. The minimum Gasteiger partial charge on any atom is -0.348 e. The van der Waals surface area contributed by atoms with Crippen LogP contribution < -0.4 is 5.32 Å². The number of halogens is 1. The number of rotatable bonds is 4. The zero-order chi connectivity index (χ0) is 10.7. The second-order valence-corrected chi connectivity index (χ2v) is 4.87. The van der Waals surface area contributed by atoms with Crippen LogP contribution in [-0.2, 0) is 6.54 Å². The van der Waals surface area contributed by atoms with Crippen LogP contribution in [0.25, 0.3) is 0 Å². The number of hydrogen-bond acceptors (Lipinski definition) is 3. The van der Waals surface area contributed by atoms with E-state index >= 15 is 0 Å². The van der Waals surface area contributed by atoms with E-state index in [0.717, 1.165) is 16.7 Å². The fraction of sp³-hybridized carbons (Fsp3) is 0.300. The molecule has 0 fully saturated rings. The lowest BCUT2D eigenvalue weighted by Gasteiger charge is -2.10. The molecule has 3 nitrogen and oxygen atoms in total. The van der Waals surface area contributed by atoms with E-state index in [-0.39, 0.29) is 0 Å². The van der Waals surface area contributed by atoms with Crippen molar-refractivity contribution in [1.82, 2.24) is 15.3 Å². The van der Waals surface area contributed by atoms with E-state index in [9.17, 15) is 0 Å². The molecule has 2 aromatic heterocycles. The molecule has 1 atom stereocenters. The van der Waals surface area contributed by atoms with E-state index in [4.69, 9.17) is 11.6 Å². The van der Waals surface area contributed by atoms with Crippen molar-refractivity contribution < 1.29 is 0 Å². The molecular weight excluding hydrogens is 230 g/mol. The Hall–Kier alpha value is -0.840. The lowest BCUT2D eigenvalue weighted by atomic mass is 10.2. The molecule has 2 aromatic rings. The molecule has 0 spiro atoms. The van der Waals surface area contributed by atoms with Crippen LogP contribution in [0, 0.1) is 0 Å². The number of aromatic nitrogens is 2. The first-order valence-corrected chi connectivity index (χ1v) is 5.97. The van der Waals surface area contributed by atoms with E-state index in [1.54, 1.807) is 17.5 Å². The summed E-state index contributed by atoms with van der Waals surface area (Å²) in [5.41, 5.74) is 1.22. The van der Waals surface area contributed by atoms with Crippen LogP contribution in [0.2, 0.25) is 4.34 Å². The molecule has 0 aliphatic rings. The predicted molar refractivity (Wildman–Crippen MR) is 63.2 cm³/mol. The molecule has 0 saturated heterocycles. The zero-order valence-electron chi connectivity index (χ0n) is 8.33. The fourth-order valence-electron chi connectivity index (χ4n) is 1.31. The highest BCUT2D eigenvalue weighted by Crippen LogP contribution is 2.24. The van der Waals surface area contributed by atoms with Crippen LogP contribution in [0.4, 0.5) is 0 Å². The van der Waals surface area contributed by atoms with Crippen LogP contribution in [-0.4, -0.2) is 9.97 Å². The Morgan fingerprint density at radius 3 is 3.13 bits per heavy atom. The van der Waals surface area contributed by atoms with E-state index in [1.165, 1.54) is 5.56 Å². The number of imidazole rings is 1. The largest absolute Gasteiger partial charge is 0.348 e. The lowest BCUT2D eigenvalue weighted by Crippen LogP contribution is -2.18. The van der Waals surface area contributed by atoms with Crippen molar-refractivity contribution in [3.63, 3.8) is 0 Å². The molecule has 5 heteroatoms. The number of hydrogen-bond donors (Lipinski definition) is 2. The number of nitrogens with zero attached hydrogens (tertiary/aromatic N) is 1. The van der Waals surface area contributed by atoms with Crippen molar-refractivity contribution in [2.75, 3.05) is 0 Å². The van der Waals surface area contributed by atoms with Gasteiger partial charge >= 0.3 is 0 Å². The van der Waals surface area contributed by atoms with Gasteiger partial charge in [-0.2, -0.15) is 0 Å². The minimum atomic E-state index is 0.291. The van der Waals surface area contributed by atoms with Gasteiger partial charge in [-0.25, -0.2) is 4.98 Å². The third-order valence-electron chi connectivity index (χ3n) is 2.22. The Kier molecular flexibility index (Phi) is 3.41. The Labute approximate surface area is 97.5 Å². The minimum absolute atomic E-state index is 0.291. The fourth-order valence-corrected chi connectivity index (χ4v) is 2.30. The molecule has 0 bridgehead atoms. The monoisotopic (exact) mass is 241 g/mol. The number of H-pyrrole nitrogens is 1. The molecule has 2 N–H and O–H groups in total. The predicted octanol–water partition coefficient (Wildman–Crippen LogP) is 2.98. The average molecular weight is 242 g/mol. The van der Waals surface area contributed by atoms with Crippen LogP contribution >= 0.6 is 22.9 Å². The second kappa shape index (κ2) is 4.79. The second-order valence-electron chi connectivity index (χ2n) is 3.32. The van der Waals surface area contributed by atoms with Gasteiger partial charge in [-0.15, -0.1) is 11.3 Å². The van der Waals surface area contributed by atoms with Crippen LogP contribution in [0.15, 0.2) is 23.8 Å². The highest BCUT2D eigenvalue weighted by molar-refractivity contribution is 7.14. The summed E-state index contributed by atoms with van der Waals surface area (Å²) in [5.74, 6) is 0.947. The highest BCUT2D eigenvalue weighted by Gasteiger charge is 2.07. The Morgan fingerprint density at radius 1 is 1.67 bits per heavy atom. The average Bonchev–Trinajstić information content (AvgIpc) is 2.84. The zero-order valence-corrected chi connectivity index (χ0v) is 9.90. The van der Waals surface area contributed by atoms with Crippen molar-refractivity contribution in [1.29, 1.82) is 0 Å². The molecule has 2 heterocycles. The molecule has 0 aliphatic carbocycles. The van der Waals surface area contributed by atoms with E-state index in [0.29, 0.717) is 6.04 Å². The Balaban J connectivity index is 1.90. The molecule has 2 rings (SSSR count). The maximum atomic E-state index is 5.88. The smallest absolute Gasteiger partial charge is 0.120 e. The van der Waals surface area contributed by atoms with Crippen molar-refractivity contribution in [2.24, 2.45) is 0 Å². The molecule has 1 unspecified atom stereocenters. The third kappa shape index (κ3) is 2.81. The highest BCUT2D eigenvalue weighted by atomic mass is 35.5. The summed E-state index contributed by atoms with van der Waals surface area (Å²) in [6.07, 6.45) is 3.58. The van der Waals surface area contributed by atoms with Crippen LogP contribution in [0.3, 0.4) is 0 Å². The van der Waals surface area contributed by atoms with Gasteiger partial charge in [0, 0.05) is 18.4 Å². The first-order valence-electron chi connectivity index (χ1n) is 4.71. The van der Waals surface area contributed by atoms with Crippen LogP contribution in [0.5, 0.6) is 0 Å². The normalized spacial score (nSPS) is 12.9. The molecule has 0 aromatic carbocycles. The summed E-state index contributed by atoms with van der Waals surface area (Å²) in [4.78, 5) is 7.20. The van der Waals surface area contributed by atoms with Crippen molar-refractivity contribution in [2.45, 2.75) is 19.5 Å². The summed E-state index contributed by atoms with van der Waals surface area (Å²) in [6, 6.07) is 2.28. The molecule has 0 radical (unpaired) electrons. The standard InChI is InChI=1S/C10H12ClN3S/c1-7(8-4-9(11)15-6-8)14-5-10-12-2-3-13-10/h2-4,6-7,14H,5H2,1H3,(H,12,13). The molecule has 0 aliphatic heterocycles. The Bertz CT molecular complexity index is 410. The summed E-state index contributed by atoms with van der Waals surface area (Å²) in [6.45, 7) is 2.85. The maximum Gasteiger partial charge on any atom is 0.120 e. The number of thiophene rings is 1. The first kappa shape index (κ1) is 10.7. The van der Waals surface area contributed by atoms with Gasteiger partial charge < -0.3 is 10.3 Å². The van der Waals surface area contributed by atoms with Crippen molar-refractivity contribution >= 4 is 22.9 Å². The van der Waals surface area contributed by atoms with Gasteiger partial charge in [0.25, 0.3) is 0 Å². The van der Waals surface area contributed by atoms with Crippen molar-refractivity contribution in [3.05, 3.63) is 39.6 Å². The van der Waals surface area contributed by atoms with Gasteiger partial charge in [-0.05, 0) is 23.9 Å². The summed E-state index contributed by atoms with van der Waals surface area (Å²) in [7, 11) is 0. The van der Waals surface area contributed by atoms with Gasteiger partial charge in [0.05, 0.1) is 10.9 Å². The van der Waals surface area contributed by atoms with Gasteiger partial charge in [-0.1, -0.05) is 11.6 Å². The third-order valence-corrected chi connectivity index (χ3v) is 3.33. The number of aromatic amines is 1. The van der Waals surface area contributed by atoms with E-state index in [2.05, 4.69) is 27.6 Å². The van der Waals surface area contributed by atoms with Gasteiger partial charge in [0.15, 0.2) is 0 Å². The van der Waals surface area contributed by atoms with Gasteiger partial charge in [-0.3, -0.25) is 0 Å². The molecule has 0 saturated carbocycles. The van der Waals surface area contributed by atoms with E-state index < -0.39 is 0 Å². The number of nitrogens with one attached hydrogen (secondary N) is 2. The molecular formula is C10H12ClN3S. The topological polar surface area (TPSA) is 40.7 Å². The first-order chi connectivity index (χ1) is 7.25. The van der Waals surface area contributed by atoms with Gasteiger partial charge in [0.1, 0.15) is 5.82 Å². The SMILES string of the molecule is CC(NCc1ncc[nH]1)c1csc(Cl)c1. The van der Waals surface area contributed by atoms with Gasteiger partial charge in [0.2, 0.25) is 0 Å². The summed E-state index contributed by atoms with van der Waals surface area (Å²) >= 11 is 7.43. The maximum absolute atomic E-state index is 5.88. The van der Waals surface area contributed by atoms with Crippen LogP contribution in [0.1, 0.15) is 24.4 Å². The molecule has 15 heavy (non-hydrogen) atoms. The van der Waals surface area contributed by atoms with Crippen molar-refractivity contribution in [3.8, 4) is 0 Å². The summed E-state index contributed by atoms with van der Waals surface area (Å²) < 4.78 is 0.830. The molecule has 0 amide bonds.